The first-order chi connectivity index (χ1) is 7.54. The summed E-state index contributed by atoms with van der Waals surface area (Å²) in [5, 5.41) is 0. The van der Waals surface area contributed by atoms with Gasteiger partial charge in [-0.1, -0.05) is 34.6 Å². The molecule has 0 aromatic heterocycles. The Morgan fingerprint density at radius 1 is 1.29 bits per heavy atom. The van der Waals surface area contributed by atoms with E-state index in [1.165, 1.54) is 19.3 Å². The predicted molar refractivity (Wildman–Crippen MR) is 76.1 cm³/mol. The Labute approximate surface area is 108 Å². The first-order valence-corrected chi connectivity index (χ1v) is 7.02. The summed E-state index contributed by atoms with van der Waals surface area (Å²) in [7, 11) is 2.25. The molecule has 0 aromatic rings. The van der Waals surface area contributed by atoms with Crippen LogP contribution in [0.3, 0.4) is 0 Å². The van der Waals surface area contributed by atoms with Gasteiger partial charge in [-0.05, 0) is 44.1 Å². The van der Waals surface area contributed by atoms with E-state index in [2.05, 4.69) is 53.5 Å². The van der Waals surface area contributed by atoms with Gasteiger partial charge in [0.05, 0.1) is 0 Å². The van der Waals surface area contributed by atoms with Crippen LogP contribution in [0, 0.1) is 10.8 Å². The lowest BCUT2D eigenvalue weighted by atomic mass is 9.72. The molecule has 0 radical (unpaired) electrons. The molecule has 0 saturated heterocycles. The monoisotopic (exact) mass is 240 g/mol. The summed E-state index contributed by atoms with van der Waals surface area (Å²) in [5.41, 5.74) is 7.11. The fourth-order valence-corrected chi connectivity index (χ4v) is 2.91. The van der Waals surface area contributed by atoms with Crippen LogP contribution in [0.25, 0.3) is 0 Å². The van der Waals surface area contributed by atoms with E-state index < -0.39 is 0 Å². The number of nitrogens with zero attached hydrogens (tertiary/aromatic N) is 1. The van der Waals surface area contributed by atoms with Crippen molar-refractivity contribution in [3.05, 3.63) is 0 Å². The minimum atomic E-state index is 0.316. The SMILES string of the molecule is CC(N(C)C1CC(C)(C)CCC1N)C(C)(C)C. The van der Waals surface area contributed by atoms with Gasteiger partial charge in [0.1, 0.15) is 0 Å². The quantitative estimate of drug-likeness (QED) is 0.803. The van der Waals surface area contributed by atoms with Crippen LogP contribution in [0.4, 0.5) is 0 Å². The first kappa shape index (κ1) is 15.0. The van der Waals surface area contributed by atoms with Crippen molar-refractivity contribution in [3.8, 4) is 0 Å². The highest BCUT2D eigenvalue weighted by atomic mass is 15.2. The highest BCUT2D eigenvalue weighted by molar-refractivity contribution is 4.94. The Bertz CT molecular complexity index is 252. The number of rotatable bonds is 2. The topological polar surface area (TPSA) is 29.3 Å². The lowest BCUT2D eigenvalue weighted by Gasteiger charge is -2.48. The minimum absolute atomic E-state index is 0.316. The molecule has 17 heavy (non-hydrogen) atoms. The van der Waals surface area contributed by atoms with E-state index in [9.17, 15) is 0 Å². The molecule has 1 aliphatic rings. The van der Waals surface area contributed by atoms with Gasteiger partial charge in [0.2, 0.25) is 0 Å². The van der Waals surface area contributed by atoms with Crippen LogP contribution in [0.15, 0.2) is 0 Å². The van der Waals surface area contributed by atoms with Gasteiger partial charge in [-0.25, -0.2) is 0 Å². The molecule has 0 aliphatic heterocycles. The van der Waals surface area contributed by atoms with Crippen molar-refractivity contribution in [1.82, 2.24) is 4.90 Å². The molecule has 3 atom stereocenters. The van der Waals surface area contributed by atoms with Crippen LogP contribution >= 0.6 is 0 Å². The van der Waals surface area contributed by atoms with Crippen molar-refractivity contribution in [1.29, 1.82) is 0 Å². The Hall–Kier alpha value is -0.0800. The number of hydrogen-bond acceptors (Lipinski definition) is 2. The van der Waals surface area contributed by atoms with E-state index in [0.717, 1.165) is 0 Å². The van der Waals surface area contributed by atoms with Gasteiger partial charge in [0.25, 0.3) is 0 Å². The van der Waals surface area contributed by atoms with E-state index >= 15 is 0 Å². The zero-order valence-corrected chi connectivity index (χ0v) is 12.9. The maximum Gasteiger partial charge on any atom is 0.0252 e. The zero-order chi connectivity index (χ0) is 13.4. The molecule has 2 heteroatoms. The molecule has 1 aliphatic carbocycles. The lowest BCUT2D eigenvalue weighted by Crippen LogP contribution is -2.56. The van der Waals surface area contributed by atoms with Gasteiger partial charge in [-0.3, -0.25) is 4.90 Å². The molecule has 0 amide bonds. The van der Waals surface area contributed by atoms with E-state index in [4.69, 9.17) is 5.73 Å². The van der Waals surface area contributed by atoms with Gasteiger partial charge in [0, 0.05) is 18.1 Å². The molecule has 0 bridgehead atoms. The highest BCUT2D eigenvalue weighted by Gasteiger charge is 2.38. The van der Waals surface area contributed by atoms with E-state index in [1.807, 2.05) is 0 Å². The third-order valence-electron chi connectivity index (χ3n) is 4.80. The summed E-state index contributed by atoms with van der Waals surface area (Å²) < 4.78 is 0. The average molecular weight is 240 g/mol. The molecule has 1 saturated carbocycles. The van der Waals surface area contributed by atoms with Crippen LogP contribution in [0.2, 0.25) is 0 Å². The first-order valence-electron chi connectivity index (χ1n) is 7.02. The second-order valence-electron chi connectivity index (χ2n) is 7.85. The second kappa shape index (κ2) is 4.89. The van der Waals surface area contributed by atoms with Crippen molar-refractivity contribution >= 4 is 0 Å². The summed E-state index contributed by atoms with van der Waals surface area (Å²) >= 11 is 0. The number of nitrogens with two attached hydrogens (primary N) is 1. The Kier molecular flexibility index (Phi) is 4.31. The van der Waals surface area contributed by atoms with Gasteiger partial charge < -0.3 is 5.73 Å². The third-order valence-corrected chi connectivity index (χ3v) is 4.80. The molecule has 2 N–H and O–H groups in total. The molecular formula is C15H32N2. The molecule has 1 fully saturated rings. The van der Waals surface area contributed by atoms with E-state index in [0.29, 0.717) is 29.0 Å². The lowest BCUT2D eigenvalue weighted by molar-refractivity contribution is 0.0342. The molecule has 102 valence electrons. The van der Waals surface area contributed by atoms with E-state index in [-0.39, 0.29) is 0 Å². The van der Waals surface area contributed by atoms with Crippen molar-refractivity contribution in [2.75, 3.05) is 7.05 Å². The smallest absolute Gasteiger partial charge is 0.0252 e. The number of hydrogen-bond donors (Lipinski definition) is 1. The molecule has 3 unspecified atom stereocenters. The average Bonchev–Trinajstić information content (AvgIpc) is 2.18. The van der Waals surface area contributed by atoms with Crippen molar-refractivity contribution in [2.24, 2.45) is 16.6 Å². The maximum absolute atomic E-state index is 6.34. The fraction of sp³-hybridized carbons (Fsp3) is 1.00. The normalized spacial score (nSPS) is 31.6. The molecule has 0 spiro atoms. The summed E-state index contributed by atoms with van der Waals surface area (Å²) in [6, 6.07) is 1.44. The third kappa shape index (κ3) is 3.69. The van der Waals surface area contributed by atoms with Crippen molar-refractivity contribution in [3.63, 3.8) is 0 Å². The van der Waals surface area contributed by atoms with E-state index in [1.54, 1.807) is 0 Å². The predicted octanol–water partition coefficient (Wildman–Crippen LogP) is 3.26. The number of likely N-dealkylation sites (N-methyl/N-ethyl adjacent to an activating group) is 1. The molecule has 0 aromatic carbocycles. The summed E-state index contributed by atoms with van der Waals surface area (Å²) in [4.78, 5) is 2.52. The van der Waals surface area contributed by atoms with Crippen molar-refractivity contribution < 1.29 is 0 Å². The standard InChI is InChI=1S/C15H32N2/c1-11(14(2,3)4)17(7)13-10-15(5,6)9-8-12(13)16/h11-13H,8-10,16H2,1-7H3. The molecule has 2 nitrogen and oxygen atoms in total. The Morgan fingerprint density at radius 3 is 2.29 bits per heavy atom. The second-order valence-corrected chi connectivity index (χ2v) is 7.85. The molecule has 1 rings (SSSR count). The van der Waals surface area contributed by atoms with Crippen LogP contribution in [-0.4, -0.2) is 30.1 Å². The van der Waals surface area contributed by atoms with Crippen LogP contribution < -0.4 is 5.73 Å². The summed E-state index contributed by atoms with van der Waals surface area (Å²) in [6.07, 6.45) is 3.66. The van der Waals surface area contributed by atoms with Crippen LogP contribution in [0.5, 0.6) is 0 Å². The van der Waals surface area contributed by atoms with Gasteiger partial charge in [0.15, 0.2) is 0 Å². The molecular weight excluding hydrogens is 208 g/mol. The minimum Gasteiger partial charge on any atom is -0.326 e. The largest absolute Gasteiger partial charge is 0.326 e. The maximum atomic E-state index is 6.34. The van der Waals surface area contributed by atoms with Crippen molar-refractivity contribution in [2.45, 2.75) is 78.9 Å². The fourth-order valence-electron chi connectivity index (χ4n) is 2.91. The van der Waals surface area contributed by atoms with Gasteiger partial charge >= 0.3 is 0 Å². The van der Waals surface area contributed by atoms with Crippen LogP contribution in [-0.2, 0) is 0 Å². The Morgan fingerprint density at radius 2 is 1.82 bits per heavy atom. The summed E-state index contributed by atoms with van der Waals surface area (Å²) in [6.45, 7) is 14.0. The van der Waals surface area contributed by atoms with Crippen LogP contribution in [0.1, 0.15) is 60.8 Å². The molecule has 0 heterocycles. The Balaban J connectivity index is 2.76. The summed E-state index contributed by atoms with van der Waals surface area (Å²) in [5.74, 6) is 0. The highest BCUT2D eigenvalue weighted by Crippen LogP contribution is 2.38. The zero-order valence-electron chi connectivity index (χ0n) is 12.9. The van der Waals surface area contributed by atoms with Gasteiger partial charge in [-0.2, -0.15) is 0 Å². The van der Waals surface area contributed by atoms with Gasteiger partial charge in [-0.15, -0.1) is 0 Å².